The number of aromatic nitrogens is 2. The Morgan fingerprint density at radius 3 is 1.42 bits per heavy atom. The monoisotopic (exact) mass is 791 g/mol. The molecule has 0 bridgehead atoms. The van der Waals surface area contributed by atoms with Gasteiger partial charge < -0.3 is 5.41 Å². The highest BCUT2D eigenvalue weighted by Gasteiger charge is 2.15. The smallest absolute Gasteiger partial charge is 0.160 e. The predicted molar refractivity (Wildman–Crippen MR) is 259 cm³/mol. The molecule has 0 radical (unpaired) electrons. The van der Waals surface area contributed by atoms with Crippen molar-refractivity contribution in [1.29, 1.82) is 5.41 Å². The molecule has 3 heteroatoms. The fourth-order valence-electron chi connectivity index (χ4n) is 8.10. The Balaban J connectivity index is 1.06. The number of nitrogens with one attached hydrogen (secondary N) is 1. The summed E-state index contributed by atoms with van der Waals surface area (Å²) in [5, 5.41) is 11.3. The van der Waals surface area contributed by atoms with Crippen molar-refractivity contribution in [1.82, 2.24) is 9.97 Å². The molecule has 1 heterocycles. The van der Waals surface area contributed by atoms with Gasteiger partial charge in [0.25, 0.3) is 0 Å². The van der Waals surface area contributed by atoms with Crippen molar-refractivity contribution in [3.8, 4) is 67.3 Å². The lowest BCUT2D eigenvalue weighted by Gasteiger charge is -2.15. The summed E-state index contributed by atoms with van der Waals surface area (Å²) >= 11 is 0. The van der Waals surface area contributed by atoms with E-state index in [0.717, 1.165) is 83.4 Å². The summed E-state index contributed by atoms with van der Waals surface area (Å²) in [6.45, 7) is 0. The third kappa shape index (κ3) is 8.03. The Morgan fingerprint density at radius 1 is 0.339 bits per heavy atom. The highest BCUT2D eigenvalue weighted by atomic mass is 14.9. The maximum atomic E-state index is 9.09. The Kier molecular flexibility index (Phi) is 10.5. The van der Waals surface area contributed by atoms with Crippen LogP contribution in [0.2, 0.25) is 0 Å². The molecule has 0 saturated heterocycles. The van der Waals surface area contributed by atoms with Gasteiger partial charge in [-0.2, -0.15) is 0 Å². The van der Waals surface area contributed by atoms with Crippen LogP contribution in [-0.4, -0.2) is 15.7 Å². The van der Waals surface area contributed by atoms with E-state index in [4.69, 9.17) is 15.4 Å². The number of allylic oxidation sites excluding steroid dienone is 1. The van der Waals surface area contributed by atoms with Crippen molar-refractivity contribution in [2.45, 2.75) is 0 Å². The largest absolute Gasteiger partial charge is 0.300 e. The molecule has 1 aromatic heterocycles. The normalized spacial score (nSPS) is 11.4. The SMILES string of the molecule is N=C(/C=C(/c1ccccc1)c1cccc2ccc(-c3cccc(-c4cc(-c5ccc(-c6ccccc6)cc5)nc(-c5ccc(-c6ccccc6)cc5)n4)c3)cc12)c1ccccc1. The molecule has 3 nitrogen and oxygen atoms in total. The first kappa shape index (κ1) is 38.0. The minimum absolute atomic E-state index is 0.466. The third-order valence-corrected chi connectivity index (χ3v) is 11.4. The molecule has 0 spiro atoms. The van der Waals surface area contributed by atoms with Crippen LogP contribution >= 0.6 is 0 Å². The molecule has 0 aliphatic rings. The van der Waals surface area contributed by atoms with E-state index in [2.05, 4.69) is 188 Å². The van der Waals surface area contributed by atoms with Crippen LogP contribution in [0.1, 0.15) is 16.7 Å². The Morgan fingerprint density at radius 2 is 0.790 bits per heavy atom. The Bertz CT molecular complexity index is 3090. The Labute approximate surface area is 362 Å². The van der Waals surface area contributed by atoms with E-state index in [1.54, 1.807) is 0 Å². The van der Waals surface area contributed by atoms with E-state index >= 15 is 0 Å². The van der Waals surface area contributed by atoms with Gasteiger partial charge in [-0.1, -0.05) is 218 Å². The maximum absolute atomic E-state index is 9.09. The highest BCUT2D eigenvalue weighted by molar-refractivity contribution is 6.14. The van der Waals surface area contributed by atoms with Crippen molar-refractivity contribution in [3.63, 3.8) is 0 Å². The lowest BCUT2D eigenvalue weighted by molar-refractivity contribution is 1.18. The second kappa shape index (κ2) is 17.1. The Hall–Kier alpha value is -8.27. The summed E-state index contributed by atoms with van der Waals surface area (Å²) in [5.41, 5.74) is 16.0. The van der Waals surface area contributed by atoms with E-state index in [1.807, 2.05) is 54.6 Å². The average Bonchev–Trinajstić information content (AvgIpc) is 3.36. The molecule has 1 N–H and O–H groups in total. The lowest BCUT2D eigenvalue weighted by atomic mass is 9.90. The van der Waals surface area contributed by atoms with Crippen molar-refractivity contribution < 1.29 is 0 Å². The second-order valence-corrected chi connectivity index (χ2v) is 15.4. The van der Waals surface area contributed by atoms with Gasteiger partial charge in [0, 0.05) is 16.7 Å². The summed E-state index contributed by atoms with van der Waals surface area (Å²) in [7, 11) is 0. The summed E-state index contributed by atoms with van der Waals surface area (Å²) in [6, 6.07) is 82.2. The predicted octanol–water partition coefficient (Wildman–Crippen LogP) is 15.1. The van der Waals surface area contributed by atoms with Gasteiger partial charge in [0.15, 0.2) is 5.82 Å². The number of hydrogen-bond acceptors (Lipinski definition) is 3. The maximum Gasteiger partial charge on any atom is 0.160 e. The first-order valence-corrected chi connectivity index (χ1v) is 20.9. The zero-order chi connectivity index (χ0) is 41.7. The number of rotatable bonds is 10. The van der Waals surface area contributed by atoms with Gasteiger partial charge in [0.05, 0.1) is 17.1 Å². The molecular weight excluding hydrogens is 751 g/mol. The third-order valence-electron chi connectivity index (χ3n) is 11.4. The zero-order valence-corrected chi connectivity index (χ0v) is 34.0. The molecule has 9 aromatic carbocycles. The first-order chi connectivity index (χ1) is 30.6. The summed E-state index contributed by atoms with van der Waals surface area (Å²) in [6.07, 6.45) is 2.00. The van der Waals surface area contributed by atoms with Crippen LogP contribution in [0.4, 0.5) is 0 Å². The van der Waals surface area contributed by atoms with Crippen molar-refractivity contribution in [3.05, 3.63) is 259 Å². The highest BCUT2D eigenvalue weighted by Crippen LogP contribution is 2.36. The summed E-state index contributed by atoms with van der Waals surface area (Å²) < 4.78 is 0. The van der Waals surface area contributed by atoms with Gasteiger partial charge in [-0.15, -0.1) is 0 Å². The van der Waals surface area contributed by atoms with Crippen LogP contribution in [0.25, 0.3) is 83.6 Å². The zero-order valence-electron chi connectivity index (χ0n) is 34.0. The first-order valence-electron chi connectivity index (χ1n) is 20.9. The molecule has 0 aliphatic heterocycles. The fourth-order valence-corrected chi connectivity index (χ4v) is 8.10. The van der Waals surface area contributed by atoms with Gasteiger partial charge in [-0.3, -0.25) is 0 Å². The van der Waals surface area contributed by atoms with Crippen molar-refractivity contribution in [2.24, 2.45) is 0 Å². The molecule has 292 valence electrons. The number of hydrogen-bond donors (Lipinski definition) is 1. The number of benzene rings is 9. The topological polar surface area (TPSA) is 49.6 Å². The van der Waals surface area contributed by atoms with Crippen LogP contribution in [0.3, 0.4) is 0 Å². The second-order valence-electron chi connectivity index (χ2n) is 15.4. The lowest BCUT2D eigenvalue weighted by Crippen LogP contribution is -1.98. The molecule has 0 amide bonds. The quantitative estimate of drug-likeness (QED) is 0.140. The molecule has 0 saturated carbocycles. The fraction of sp³-hybridized carbons (Fsp3) is 0. The molecule has 0 atom stereocenters. The van der Waals surface area contributed by atoms with Gasteiger partial charge in [0.2, 0.25) is 0 Å². The van der Waals surface area contributed by atoms with Gasteiger partial charge in [-0.25, -0.2) is 9.97 Å². The van der Waals surface area contributed by atoms with E-state index in [9.17, 15) is 0 Å². The van der Waals surface area contributed by atoms with Crippen molar-refractivity contribution in [2.75, 3.05) is 0 Å². The minimum atomic E-state index is 0.466. The van der Waals surface area contributed by atoms with Crippen LogP contribution in [0, 0.1) is 5.41 Å². The number of fused-ring (bicyclic) bond motifs is 1. The molecule has 10 aromatic rings. The standard InChI is InChI=1S/C59H41N3/c60-56(47-21-11-4-12-22-47)39-55(45-19-9-3-10-20-45)53-26-14-23-46-31-36-51(38-54(46)53)50-24-13-25-52(37-50)58-40-57(48-32-27-43(28-33-48)41-15-5-1-6-16-41)61-59(62-58)49-34-29-44(30-35-49)42-17-7-2-8-18-42/h1-40,60H/b55-39-,60-56?. The summed E-state index contributed by atoms with van der Waals surface area (Å²) in [5.74, 6) is 0.672. The molecule has 0 aliphatic carbocycles. The van der Waals surface area contributed by atoms with Gasteiger partial charge >= 0.3 is 0 Å². The van der Waals surface area contributed by atoms with Gasteiger partial charge in [0.1, 0.15) is 0 Å². The minimum Gasteiger partial charge on any atom is -0.300 e. The molecule has 62 heavy (non-hydrogen) atoms. The molecular formula is C59H41N3. The molecule has 10 rings (SSSR count). The number of nitrogens with zero attached hydrogens (tertiary/aromatic N) is 2. The van der Waals surface area contributed by atoms with Gasteiger partial charge in [-0.05, 0) is 90.7 Å². The van der Waals surface area contributed by atoms with E-state index in [0.29, 0.717) is 11.5 Å². The van der Waals surface area contributed by atoms with Crippen LogP contribution in [0.5, 0.6) is 0 Å². The average molecular weight is 792 g/mol. The van der Waals surface area contributed by atoms with Crippen LogP contribution in [0.15, 0.2) is 243 Å². The molecule has 0 unspecified atom stereocenters. The molecule has 0 fully saturated rings. The van der Waals surface area contributed by atoms with E-state index in [-0.39, 0.29) is 0 Å². The van der Waals surface area contributed by atoms with Crippen molar-refractivity contribution >= 4 is 22.1 Å². The van der Waals surface area contributed by atoms with Crippen LogP contribution in [-0.2, 0) is 0 Å². The van der Waals surface area contributed by atoms with E-state index < -0.39 is 0 Å². The summed E-state index contributed by atoms with van der Waals surface area (Å²) in [4.78, 5) is 10.4. The van der Waals surface area contributed by atoms with E-state index in [1.165, 1.54) is 11.1 Å². The van der Waals surface area contributed by atoms with Crippen LogP contribution < -0.4 is 0 Å².